The van der Waals surface area contributed by atoms with Crippen molar-refractivity contribution in [2.24, 2.45) is 5.10 Å². The lowest BCUT2D eigenvalue weighted by Crippen LogP contribution is -2.09. The zero-order valence-corrected chi connectivity index (χ0v) is 18.0. The number of nitrogens with zero attached hydrogens (tertiary/aromatic N) is 2. The minimum absolute atomic E-state index is 0.689. The molecule has 0 saturated carbocycles. The van der Waals surface area contributed by atoms with E-state index < -0.39 is 0 Å². The van der Waals surface area contributed by atoms with Crippen LogP contribution >= 0.6 is 22.9 Å². The number of aromatic nitrogens is 1. The first kappa shape index (κ1) is 18.9. The van der Waals surface area contributed by atoms with Gasteiger partial charge in [-0.3, -0.25) is 5.43 Å². The minimum Gasteiger partial charge on any atom is -0.456 e. The number of para-hydroxylation sites is 1. The molecule has 5 rings (SSSR count). The Bertz CT molecular complexity index is 1420. The average molecular weight is 432 g/mol. The quantitative estimate of drug-likeness (QED) is 0.316. The Morgan fingerprint density at radius 1 is 1.00 bits per heavy atom. The van der Waals surface area contributed by atoms with Gasteiger partial charge >= 0.3 is 0 Å². The highest BCUT2D eigenvalue weighted by Crippen LogP contribution is 2.27. The number of aryl methyl sites for hydroxylation is 2. The summed E-state index contributed by atoms with van der Waals surface area (Å²) < 4.78 is 7.37. The van der Waals surface area contributed by atoms with Crippen molar-refractivity contribution in [1.29, 1.82) is 0 Å². The Morgan fingerprint density at radius 2 is 1.80 bits per heavy atom. The molecule has 1 N–H and O–H groups in total. The van der Waals surface area contributed by atoms with E-state index in [2.05, 4.69) is 36.4 Å². The van der Waals surface area contributed by atoms with Gasteiger partial charge < -0.3 is 4.42 Å². The van der Waals surface area contributed by atoms with E-state index in [1.165, 1.54) is 0 Å². The van der Waals surface area contributed by atoms with Gasteiger partial charge in [0.05, 0.1) is 15.6 Å². The molecule has 0 aliphatic rings. The molecule has 0 bridgehead atoms. The predicted molar refractivity (Wildman–Crippen MR) is 125 cm³/mol. The van der Waals surface area contributed by atoms with Crippen molar-refractivity contribution in [2.45, 2.75) is 13.8 Å². The first-order chi connectivity index (χ1) is 14.6. The molecule has 0 aliphatic heterocycles. The molecule has 4 nitrogen and oxygen atoms in total. The Morgan fingerprint density at radius 3 is 2.60 bits per heavy atom. The smallest absolute Gasteiger partial charge is 0.204 e. The van der Waals surface area contributed by atoms with Crippen LogP contribution < -0.4 is 10.8 Å². The minimum atomic E-state index is 0.689. The van der Waals surface area contributed by atoms with Crippen LogP contribution in [0.3, 0.4) is 0 Å². The first-order valence-corrected chi connectivity index (χ1v) is 10.7. The van der Waals surface area contributed by atoms with Gasteiger partial charge in [-0.15, -0.1) is 0 Å². The lowest BCUT2D eigenvalue weighted by Gasteiger charge is -2.08. The Kier molecular flexibility index (Phi) is 4.77. The maximum absolute atomic E-state index is 6.25. The van der Waals surface area contributed by atoms with Crippen LogP contribution in [-0.4, -0.2) is 4.98 Å². The highest BCUT2D eigenvalue weighted by Gasteiger charge is 2.10. The molecular formula is C24H18ClN3OS. The molecule has 30 heavy (non-hydrogen) atoms. The van der Waals surface area contributed by atoms with Gasteiger partial charge in [0.2, 0.25) is 5.13 Å². The summed E-state index contributed by atoms with van der Waals surface area (Å²) in [6, 6.07) is 21.8. The summed E-state index contributed by atoms with van der Waals surface area (Å²) in [4.78, 5) is 4.61. The fourth-order valence-electron chi connectivity index (χ4n) is 3.55. The van der Waals surface area contributed by atoms with Crippen LogP contribution in [0.15, 0.2) is 76.2 Å². The van der Waals surface area contributed by atoms with Crippen molar-refractivity contribution in [3.63, 3.8) is 0 Å². The molecule has 0 atom stereocenters. The summed E-state index contributed by atoms with van der Waals surface area (Å²) in [6.07, 6.45) is 0. The van der Waals surface area contributed by atoms with Crippen molar-refractivity contribution in [2.75, 3.05) is 5.43 Å². The van der Waals surface area contributed by atoms with Gasteiger partial charge in [0, 0.05) is 22.0 Å². The Balaban J connectivity index is 1.68. The van der Waals surface area contributed by atoms with Crippen molar-refractivity contribution < 1.29 is 4.42 Å². The number of anilines is 1. The highest BCUT2D eigenvalue weighted by molar-refractivity contribution is 7.22. The number of hydrogen-bond acceptors (Lipinski definition) is 5. The third-order valence-corrected chi connectivity index (χ3v) is 6.08. The van der Waals surface area contributed by atoms with Crippen molar-refractivity contribution in [3.8, 4) is 11.3 Å². The maximum Gasteiger partial charge on any atom is 0.204 e. The molecule has 0 aliphatic carbocycles. The molecular weight excluding hydrogens is 414 g/mol. The molecule has 3 aromatic carbocycles. The zero-order chi connectivity index (χ0) is 20.7. The van der Waals surface area contributed by atoms with Gasteiger partial charge in [-0.2, -0.15) is 5.10 Å². The molecule has 0 unspecified atom stereocenters. The predicted octanol–water partition coefficient (Wildman–Crippen LogP) is 6.91. The number of rotatable bonds is 3. The molecule has 0 fully saturated rings. The third-order valence-electron chi connectivity index (χ3n) is 4.88. The maximum atomic E-state index is 6.25. The lowest BCUT2D eigenvalue weighted by molar-refractivity contribution is 0.617. The number of thiazole rings is 1. The van der Waals surface area contributed by atoms with Crippen molar-refractivity contribution >= 4 is 49.3 Å². The number of fused-ring (bicyclic) bond motifs is 2. The average Bonchev–Trinajstić information content (AvgIpc) is 3.15. The van der Waals surface area contributed by atoms with Gasteiger partial charge in [-0.05, 0) is 67.4 Å². The summed E-state index contributed by atoms with van der Waals surface area (Å²) in [5.74, 6) is 0.731. The summed E-state index contributed by atoms with van der Waals surface area (Å²) in [6.45, 7) is 4.14. The van der Waals surface area contributed by atoms with Gasteiger partial charge in [0.1, 0.15) is 11.3 Å². The van der Waals surface area contributed by atoms with Crippen LogP contribution in [0.4, 0.5) is 5.13 Å². The van der Waals surface area contributed by atoms with Crippen molar-refractivity contribution in [1.82, 2.24) is 4.98 Å². The van der Waals surface area contributed by atoms with E-state index in [9.17, 15) is 0 Å². The standard InChI is InChI=1S/C24H18ClN3OS/c1-14-11-15(2)23-19(27-28-24-26-18-5-3-4-6-22(18)30-24)13-20(29-21(23)12-14)16-7-9-17(25)10-8-16/h3-13H,1-2H3,(H,26,28). The van der Waals surface area contributed by atoms with Crippen LogP contribution in [0, 0.1) is 13.8 Å². The normalized spacial score (nSPS) is 12.0. The molecule has 0 radical (unpaired) electrons. The molecule has 0 spiro atoms. The van der Waals surface area contributed by atoms with Crippen molar-refractivity contribution in [3.05, 3.63) is 88.2 Å². The number of halogens is 1. The summed E-state index contributed by atoms with van der Waals surface area (Å²) >= 11 is 7.63. The topological polar surface area (TPSA) is 50.4 Å². The fraction of sp³-hybridized carbons (Fsp3) is 0.0833. The second-order valence-electron chi connectivity index (χ2n) is 7.17. The molecule has 5 aromatic rings. The zero-order valence-electron chi connectivity index (χ0n) is 16.4. The lowest BCUT2D eigenvalue weighted by atomic mass is 10.1. The summed E-state index contributed by atoms with van der Waals surface area (Å²) in [5, 5.41) is 7.93. The van der Waals surface area contributed by atoms with E-state index in [1.807, 2.05) is 54.6 Å². The van der Waals surface area contributed by atoms with Gasteiger partial charge in [0.25, 0.3) is 0 Å². The monoisotopic (exact) mass is 431 g/mol. The second kappa shape index (κ2) is 7.59. The van der Waals surface area contributed by atoms with E-state index in [1.54, 1.807) is 11.3 Å². The SMILES string of the molecule is Cc1cc(C)c2c(=NNc3nc4ccccc4s3)cc(-c3ccc(Cl)cc3)oc2c1. The highest BCUT2D eigenvalue weighted by atomic mass is 35.5. The molecule has 0 amide bonds. The second-order valence-corrected chi connectivity index (χ2v) is 8.64. The van der Waals surface area contributed by atoms with E-state index >= 15 is 0 Å². The van der Waals surface area contributed by atoms with Gasteiger partial charge in [-0.25, -0.2) is 4.98 Å². The van der Waals surface area contributed by atoms with E-state index in [-0.39, 0.29) is 0 Å². The molecule has 148 valence electrons. The molecule has 6 heteroatoms. The number of benzene rings is 3. The Labute approximate surface area is 182 Å². The molecule has 2 heterocycles. The van der Waals surface area contributed by atoms with Crippen LogP contribution in [0.1, 0.15) is 11.1 Å². The first-order valence-electron chi connectivity index (χ1n) is 9.53. The van der Waals surface area contributed by atoms with E-state index in [0.29, 0.717) is 5.02 Å². The number of hydrogen-bond donors (Lipinski definition) is 1. The van der Waals surface area contributed by atoms with Crippen LogP contribution in [0.5, 0.6) is 0 Å². The van der Waals surface area contributed by atoms with Gasteiger partial charge in [-0.1, -0.05) is 41.1 Å². The van der Waals surface area contributed by atoms with Crippen LogP contribution in [0.2, 0.25) is 5.02 Å². The number of nitrogens with one attached hydrogen (secondary N) is 1. The van der Waals surface area contributed by atoms with E-state index in [0.717, 1.165) is 54.1 Å². The fourth-order valence-corrected chi connectivity index (χ4v) is 4.49. The summed E-state index contributed by atoms with van der Waals surface area (Å²) in [5.41, 5.74) is 8.09. The molecule has 0 saturated heterocycles. The molecule has 2 aromatic heterocycles. The van der Waals surface area contributed by atoms with Gasteiger partial charge in [0.15, 0.2) is 0 Å². The van der Waals surface area contributed by atoms with E-state index in [4.69, 9.17) is 21.1 Å². The third kappa shape index (κ3) is 3.58. The van der Waals surface area contributed by atoms with Crippen LogP contribution in [-0.2, 0) is 0 Å². The Hall–Kier alpha value is -3.15. The van der Waals surface area contributed by atoms with Crippen LogP contribution in [0.25, 0.3) is 32.5 Å². The largest absolute Gasteiger partial charge is 0.456 e. The summed E-state index contributed by atoms with van der Waals surface area (Å²) in [7, 11) is 0.